The molecule has 0 amide bonds. The zero-order chi connectivity index (χ0) is 13.7. The summed E-state index contributed by atoms with van der Waals surface area (Å²) in [6.45, 7) is 2.19. The van der Waals surface area contributed by atoms with Crippen molar-refractivity contribution in [2.24, 2.45) is 5.92 Å². The van der Waals surface area contributed by atoms with Gasteiger partial charge in [-0.15, -0.1) is 10.2 Å². The molecule has 0 bridgehead atoms. The average molecular weight is 263 g/mol. The molecule has 1 unspecified atom stereocenters. The molecule has 0 aromatic carbocycles. The fourth-order valence-corrected chi connectivity index (χ4v) is 2.61. The van der Waals surface area contributed by atoms with Crippen LogP contribution in [0.25, 0.3) is 0 Å². The van der Waals surface area contributed by atoms with Gasteiger partial charge in [0.05, 0.1) is 7.11 Å². The van der Waals surface area contributed by atoms with Crippen molar-refractivity contribution in [1.82, 2.24) is 10.2 Å². The Labute approximate surface area is 113 Å². The minimum atomic E-state index is -0.459. The number of methoxy groups -OCH3 is 1. The minimum Gasteiger partial charge on any atom is -0.464 e. The van der Waals surface area contributed by atoms with Gasteiger partial charge in [-0.1, -0.05) is 19.3 Å². The predicted molar refractivity (Wildman–Crippen MR) is 73.0 cm³/mol. The molecule has 1 fully saturated rings. The third-order valence-electron chi connectivity index (χ3n) is 3.79. The number of ether oxygens (including phenoxy) is 1. The highest BCUT2D eigenvalue weighted by Crippen LogP contribution is 2.27. The van der Waals surface area contributed by atoms with Gasteiger partial charge in [0.2, 0.25) is 0 Å². The Morgan fingerprint density at radius 2 is 2.05 bits per heavy atom. The first kappa shape index (κ1) is 13.8. The number of rotatable bonds is 4. The van der Waals surface area contributed by atoms with Gasteiger partial charge in [-0.25, -0.2) is 4.79 Å². The zero-order valence-electron chi connectivity index (χ0n) is 11.6. The molecule has 1 aromatic heterocycles. The lowest BCUT2D eigenvalue weighted by atomic mass is 9.84. The Kier molecular flexibility index (Phi) is 4.71. The van der Waals surface area contributed by atoms with Crippen LogP contribution in [-0.4, -0.2) is 29.3 Å². The van der Waals surface area contributed by atoms with Crippen LogP contribution in [-0.2, 0) is 4.74 Å². The van der Waals surface area contributed by atoms with Gasteiger partial charge in [0.1, 0.15) is 5.82 Å². The first-order chi connectivity index (χ1) is 9.20. The lowest BCUT2D eigenvalue weighted by Gasteiger charge is -2.28. The molecule has 1 aromatic rings. The van der Waals surface area contributed by atoms with Gasteiger partial charge >= 0.3 is 5.97 Å². The van der Waals surface area contributed by atoms with E-state index >= 15 is 0 Å². The highest BCUT2D eigenvalue weighted by atomic mass is 16.5. The molecule has 0 radical (unpaired) electrons. The third-order valence-corrected chi connectivity index (χ3v) is 3.79. The monoisotopic (exact) mass is 263 g/mol. The molecule has 5 heteroatoms. The van der Waals surface area contributed by atoms with Crippen molar-refractivity contribution in [3.63, 3.8) is 0 Å². The number of nitrogens with zero attached hydrogens (tertiary/aromatic N) is 2. The molecule has 5 nitrogen and oxygen atoms in total. The van der Waals surface area contributed by atoms with Crippen LogP contribution in [0.5, 0.6) is 0 Å². The fourth-order valence-electron chi connectivity index (χ4n) is 2.61. The Hall–Kier alpha value is -1.65. The number of nitrogens with one attached hydrogen (secondary N) is 1. The van der Waals surface area contributed by atoms with Crippen LogP contribution in [0, 0.1) is 5.92 Å². The smallest absolute Gasteiger partial charge is 0.358 e. The molecule has 2 rings (SSSR count). The van der Waals surface area contributed by atoms with E-state index in [1.54, 1.807) is 12.1 Å². The lowest BCUT2D eigenvalue weighted by molar-refractivity contribution is 0.0593. The van der Waals surface area contributed by atoms with Crippen molar-refractivity contribution in [2.75, 3.05) is 12.4 Å². The third kappa shape index (κ3) is 3.66. The van der Waals surface area contributed by atoms with E-state index in [0.29, 0.717) is 17.8 Å². The Bertz CT molecular complexity index is 413. The molecule has 1 heterocycles. The second-order valence-corrected chi connectivity index (χ2v) is 5.13. The van der Waals surface area contributed by atoms with Crippen molar-refractivity contribution >= 4 is 11.8 Å². The van der Waals surface area contributed by atoms with Gasteiger partial charge in [0.15, 0.2) is 5.69 Å². The second kappa shape index (κ2) is 6.50. The van der Waals surface area contributed by atoms with Crippen LogP contribution in [0.4, 0.5) is 5.82 Å². The second-order valence-electron chi connectivity index (χ2n) is 5.13. The first-order valence-corrected chi connectivity index (χ1v) is 6.89. The van der Waals surface area contributed by atoms with Gasteiger partial charge in [0.25, 0.3) is 0 Å². The zero-order valence-corrected chi connectivity index (χ0v) is 11.6. The summed E-state index contributed by atoms with van der Waals surface area (Å²) in [5, 5.41) is 11.3. The molecule has 1 atom stereocenters. The van der Waals surface area contributed by atoms with E-state index < -0.39 is 5.97 Å². The molecule has 1 aliphatic rings. The van der Waals surface area contributed by atoms with Crippen molar-refractivity contribution < 1.29 is 9.53 Å². The molecule has 1 N–H and O–H groups in total. The fraction of sp³-hybridized carbons (Fsp3) is 0.643. The van der Waals surface area contributed by atoms with Crippen molar-refractivity contribution in [1.29, 1.82) is 0 Å². The molecular formula is C14H21N3O2. The first-order valence-electron chi connectivity index (χ1n) is 6.89. The maximum atomic E-state index is 11.2. The lowest BCUT2D eigenvalue weighted by Crippen LogP contribution is -2.28. The minimum absolute atomic E-state index is 0.235. The standard InChI is InChI=1S/C14H21N3O2/c1-10(11-6-4-3-5-7-11)15-13-9-8-12(16-17-13)14(18)19-2/h8-11H,3-7H2,1-2H3,(H,15,17). The Balaban J connectivity index is 1.93. The largest absolute Gasteiger partial charge is 0.464 e. The van der Waals surface area contributed by atoms with E-state index in [9.17, 15) is 4.79 Å². The van der Waals surface area contributed by atoms with Crippen molar-refractivity contribution in [3.8, 4) is 0 Å². The molecule has 0 aliphatic heterocycles. The van der Waals surface area contributed by atoms with Crippen LogP contribution < -0.4 is 5.32 Å². The average Bonchev–Trinajstić information content (AvgIpc) is 2.48. The quantitative estimate of drug-likeness (QED) is 0.846. The van der Waals surface area contributed by atoms with E-state index in [1.165, 1.54) is 39.2 Å². The maximum absolute atomic E-state index is 11.2. The maximum Gasteiger partial charge on any atom is 0.358 e. The summed E-state index contributed by atoms with van der Waals surface area (Å²) in [7, 11) is 1.33. The number of anilines is 1. The van der Waals surface area contributed by atoms with Gasteiger partial charge in [-0.3, -0.25) is 0 Å². The van der Waals surface area contributed by atoms with Crippen LogP contribution in [0.2, 0.25) is 0 Å². The van der Waals surface area contributed by atoms with Crippen LogP contribution in [0.15, 0.2) is 12.1 Å². The Morgan fingerprint density at radius 3 is 2.63 bits per heavy atom. The summed E-state index contributed by atoms with van der Waals surface area (Å²) in [6, 6.07) is 3.80. The number of carbonyl (C=O) groups is 1. The predicted octanol–water partition coefficient (Wildman–Crippen LogP) is 2.64. The molecule has 0 saturated heterocycles. The topological polar surface area (TPSA) is 64.1 Å². The van der Waals surface area contributed by atoms with E-state index in [0.717, 1.165) is 0 Å². The highest BCUT2D eigenvalue weighted by Gasteiger charge is 2.20. The number of carbonyl (C=O) groups excluding carboxylic acids is 1. The molecule has 1 saturated carbocycles. The summed E-state index contributed by atoms with van der Waals surface area (Å²) in [4.78, 5) is 11.2. The summed E-state index contributed by atoms with van der Waals surface area (Å²) in [6.07, 6.45) is 6.56. The van der Waals surface area contributed by atoms with E-state index in [1.807, 2.05) is 0 Å². The number of hydrogen-bond donors (Lipinski definition) is 1. The molecule has 1 aliphatic carbocycles. The SMILES string of the molecule is COC(=O)c1ccc(NC(C)C2CCCCC2)nn1. The van der Waals surface area contributed by atoms with Crippen molar-refractivity contribution in [2.45, 2.75) is 45.1 Å². The molecule has 0 spiro atoms. The van der Waals surface area contributed by atoms with Crippen molar-refractivity contribution in [3.05, 3.63) is 17.8 Å². The molecule has 104 valence electrons. The van der Waals surface area contributed by atoms with E-state index in [2.05, 4.69) is 27.2 Å². The van der Waals surface area contributed by atoms with Crippen LogP contribution in [0.1, 0.15) is 49.5 Å². The summed E-state index contributed by atoms with van der Waals surface area (Å²) in [5.74, 6) is 0.959. The summed E-state index contributed by atoms with van der Waals surface area (Å²) < 4.78 is 4.59. The Morgan fingerprint density at radius 1 is 1.32 bits per heavy atom. The summed E-state index contributed by atoms with van der Waals surface area (Å²) in [5.41, 5.74) is 0.235. The van der Waals surface area contributed by atoms with Gasteiger partial charge in [0, 0.05) is 6.04 Å². The van der Waals surface area contributed by atoms with E-state index in [4.69, 9.17) is 0 Å². The number of hydrogen-bond acceptors (Lipinski definition) is 5. The van der Waals surface area contributed by atoms with Gasteiger partial charge in [-0.05, 0) is 37.8 Å². The van der Waals surface area contributed by atoms with Gasteiger partial charge < -0.3 is 10.1 Å². The van der Waals surface area contributed by atoms with E-state index in [-0.39, 0.29) is 5.69 Å². The number of esters is 1. The van der Waals surface area contributed by atoms with Crippen LogP contribution in [0.3, 0.4) is 0 Å². The van der Waals surface area contributed by atoms with Gasteiger partial charge in [-0.2, -0.15) is 0 Å². The number of aromatic nitrogens is 2. The highest BCUT2D eigenvalue weighted by molar-refractivity contribution is 5.86. The molecular weight excluding hydrogens is 242 g/mol. The summed E-state index contributed by atoms with van der Waals surface area (Å²) >= 11 is 0. The normalized spacial score (nSPS) is 17.8. The molecule has 19 heavy (non-hydrogen) atoms. The van der Waals surface area contributed by atoms with Crippen LogP contribution >= 0.6 is 0 Å².